The Morgan fingerprint density at radius 2 is 1.95 bits per heavy atom. The third kappa shape index (κ3) is 4.44. The van der Waals surface area contributed by atoms with E-state index in [4.69, 9.17) is 0 Å². The number of aromatic nitrogens is 4. The molecule has 0 spiro atoms. The van der Waals surface area contributed by atoms with Gasteiger partial charge in [0.25, 0.3) is 0 Å². The van der Waals surface area contributed by atoms with Crippen LogP contribution >= 0.6 is 0 Å². The zero-order valence-electron chi connectivity index (χ0n) is 12.0. The molecule has 5 heteroatoms. The van der Waals surface area contributed by atoms with Crippen molar-refractivity contribution >= 4 is 0 Å². The quantitative estimate of drug-likeness (QED) is 0.588. The van der Waals surface area contributed by atoms with E-state index >= 15 is 0 Å². The van der Waals surface area contributed by atoms with Crippen LogP contribution in [0.2, 0.25) is 0 Å². The van der Waals surface area contributed by atoms with Crippen molar-refractivity contribution < 1.29 is 4.48 Å². The van der Waals surface area contributed by atoms with Crippen LogP contribution in [0.15, 0.2) is 30.6 Å². The van der Waals surface area contributed by atoms with E-state index in [1.165, 1.54) is 13.0 Å². The van der Waals surface area contributed by atoms with Crippen LogP contribution in [0, 0.1) is 0 Å². The van der Waals surface area contributed by atoms with Gasteiger partial charge in [0.1, 0.15) is 5.69 Å². The lowest BCUT2D eigenvalue weighted by Crippen LogP contribution is -2.35. The topological polar surface area (TPSA) is 43.6 Å². The summed E-state index contributed by atoms with van der Waals surface area (Å²) >= 11 is 0. The van der Waals surface area contributed by atoms with Crippen molar-refractivity contribution in [1.29, 1.82) is 0 Å². The first kappa shape index (κ1) is 13.7. The predicted octanol–water partition coefficient (Wildman–Crippen LogP) is 1.83. The summed E-state index contributed by atoms with van der Waals surface area (Å²) in [7, 11) is 6.65. The molecule has 2 aromatic rings. The molecule has 0 bridgehead atoms. The minimum absolute atomic E-state index is 0.840. The SMILES string of the molecule is C[N+](C)(C)CCCCn1cc(-c2ccccn2)nn1. The van der Waals surface area contributed by atoms with Crippen LogP contribution in [0.4, 0.5) is 0 Å². The molecule has 102 valence electrons. The van der Waals surface area contributed by atoms with E-state index < -0.39 is 0 Å². The van der Waals surface area contributed by atoms with Gasteiger partial charge in [-0.3, -0.25) is 9.67 Å². The van der Waals surface area contributed by atoms with Crippen molar-refractivity contribution in [1.82, 2.24) is 20.0 Å². The summed E-state index contributed by atoms with van der Waals surface area (Å²) in [5.74, 6) is 0. The Labute approximate surface area is 114 Å². The Morgan fingerprint density at radius 3 is 2.63 bits per heavy atom. The highest BCUT2D eigenvalue weighted by Crippen LogP contribution is 2.11. The number of pyridine rings is 1. The lowest BCUT2D eigenvalue weighted by Gasteiger charge is -2.23. The van der Waals surface area contributed by atoms with Gasteiger partial charge < -0.3 is 4.48 Å². The van der Waals surface area contributed by atoms with Gasteiger partial charge in [-0.2, -0.15) is 0 Å². The minimum Gasteiger partial charge on any atom is -0.331 e. The molecule has 2 heterocycles. The van der Waals surface area contributed by atoms with E-state index in [-0.39, 0.29) is 0 Å². The van der Waals surface area contributed by atoms with Gasteiger partial charge in [0.05, 0.1) is 39.6 Å². The van der Waals surface area contributed by atoms with Crippen LogP contribution in [-0.4, -0.2) is 52.1 Å². The van der Waals surface area contributed by atoms with Gasteiger partial charge >= 0.3 is 0 Å². The van der Waals surface area contributed by atoms with E-state index in [1.807, 2.05) is 29.1 Å². The Kier molecular flexibility index (Phi) is 4.27. The van der Waals surface area contributed by atoms with E-state index in [1.54, 1.807) is 6.20 Å². The normalized spacial score (nSPS) is 11.7. The van der Waals surface area contributed by atoms with Gasteiger partial charge in [-0.15, -0.1) is 5.10 Å². The molecule has 0 N–H and O–H groups in total. The summed E-state index contributed by atoms with van der Waals surface area (Å²) in [6.07, 6.45) is 6.06. The highest BCUT2D eigenvalue weighted by Gasteiger charge is 2.07. The molecule has 5 nitrogen and oxygen atoms in total. The molecule has 0 fully saturated rings. The molecule has 0 radical (unpaired) electrons. The number of rotatable bonds is 6. The van der Waals surface area contributed by atoms with Crippen molar-refractivity contribution in [2.24, 2.45) is 0 Å². The van der Waals surface area contributed by atoms with E-state index in [9.17, 15) is 0 Å². The highest BCUT2D eigenvalue weighted by atomic mass is 15.4. The summed E-state index contributed by atoms with van der Waals surface area (Å²) in [5, 5.41) is 8.31. The maximum Gasteiger partial charge on any atom is 0.131 e. The van der Waals surface area contributed by atoms with E-state index in [2.05, 4.69) is 36.4 Å². The van der Waals surface area contributed by atoms with Gasteiger partial charge in [-0.1, -0.05) is 11.3 Å². The maximum atomic E-state index is 4.27. The summed E-state index contributed by atoms with van der Waals surface area (Å²) in [4.78, 5) is 4.27. The molecular weight excluding hydrogens is 238 g/mol. The number of aryl methyl sites for hydroxylation is 1. The maximum absolute atomic E-state index is 4.27. The number of hydrogen-bond acceptors (Lipinski definition) is 3. The summed E-state index contributed by atoms with van der Waals surface area (Å²) in [6.45, 7) is 2.10. The molecule has 0 amide bonds. The minimum atomic E-state index is 0.840. The molecule has 0 saturated carbocycles. The van der Waals surface area contributed by atoms with Crippen molar-refractivity contribution in [3.05, 3.63) is 30.6 Å². The number of hydrogen-bond donors (Lipinski definition) is 0. The van der Waals surface area contributed by atoms with Crippen LogP contribution in [0.5, 0.6) is 0 Å². The largest absolute Gasteiger partial charge is 0.331 e. The van der Waals surface area contributed by atoms with Crippen LogP contribution in [-0.2, 0) is 6.54 Å². The Morgan fingerprint density at radius 1 is 1.11 bits per heavy atom. The van der Waals surface area contributed by atoms with E-state index in [0.717, 1.165) is 28.8 Å². The Bertz CT molecular complexity index is 498. The second kappa shape index (κ2) is 5.93. The third-order valence-corrected chi connectivity index (χ3v) is 2.93. The number of nitrogens with zero attached hydrogens (tertiary/aromatic N) is 5. The lowest BCUT2D eigenvalue weighted by molar-refractivity contribution is -0.870. The van der Waals surface area contributed by atoms with Crippen LogP contribution in [0.1, 0.15) is 12.8 Å². The fraction of sp³-hybridized carbons (Fsp3) is 0.500. The van der Waals surface area contributed by atoms with Gasteiger partial charge in [0.2, 0.25) is 0 Å². The lowest BCUT2D eigenvalue weighted by atomic mass is 10.3. The van der Waals surface area contributed by atoms with Gasteiger partial charge in [-0.05, 0) is 25.0 Å². The summed E-state index contributed by atoms with van der Waals surface area (Å²) in [5.41, 5.74) is 1.72. The van der Waals surface area contributed by atoms with Crippen molar-refractivity contribution in [3.63, 3.8) is 0 Å². The van der Waals surface area contributed by atoms with Crippen LogP contribution < -0.4 is 0 Å². The third-order valence-electron chi connectivity index (χ3n) is 2.93. The standard InChI is InChI=1S/C14H22N5/c1-19(2,3)11-7-6-10-18-12-14(16-17-18)13-8-4-5-9-15-13/h4-5,8-9,12H,6-7,10-11H2,1-3H3/q+1. The molecule has 2 rings (SSSR count). The molecule has 0 aliphatic heterocycles. The van der Waals surface area contributed by atoms with Gasteiger partial charge in [0.15, 0.2) is 0 Å². The summed E-state index contributed by atoms with van der Waals surface area (Å²) < 4.78 is 2.91. The number of quaternary nitrogens is 1. The molecule has 0 atom stereocenters. The zero-order valence-corrected chi connectivity index (χ0v) is 12.0. The molecule has 0 saturated heterocycles. The van der Waals surface area contributed by atoms with Crippen molar-refractivity contribution in [3.8, 4) is 11.4 Å². The average Bonchev–Trinajstić information content (AvgIpc) is 2.83. The Hall–Kier alpha value is -1.75. The Balaban J connectivity index is 1.85. The average molecular weight is 260 g/mol. The molecule has 0 unspecified atom stereocenters. The van der Waals surface area contributed by atoms with E-state index in [0.29, 0.717) is 0 Å². The molecule has 0 aromatic carbocycles. The molecule has 0 aliphatic carbocycles. The van der Waals surface area contributed by atoms with Gasteiger partial charge in [0, 0.05) is 12.7 Å². The highest BCUT2D eigenvalue weighted by molar-refractivity contribution is 5.51. The predicted molar refractivity (Wildman–Crippen MR) is 75.4 cm³/mol. The fourth-order valence-corrected chi connectivity index (χ4v) is 1.90. The fourth-order valence-electron chi connectivity index (χ4n) is 1.90. The van der Waals surface area contributed by atoms with Crippen LogP contribution in [0.3, 0.4) is 0 Å². The molecular formula is C14H22N5+. The van der Waals surface area contributed by atoms with Gasteiger partial charge in [-0.25, -0.2) is 0 Å². The molecule has 19 heavy (non-hydrogen) atoms. The van der Waals surface area contributed by atoms with Crippen LogP contribution in [0.25, 0.3) is 11.4 Å². The van der Waals surface area contributed by atoms with Crippen molar-refractivity contribution in [2.75, 3.05) is 27.7 Å². The second-order valence-corrected chi connectivity index (χ2v) is 5.80. The molecule has 0 aliphatic rings. The first-order chi connectivity index (χ1) is 9.04. The van der Waals surface area contributed by atoms with Crippen molar-refractivity contribution in [2.45, 2.75) is 19.4 Å². The number of unbranched alkanes of at least 4 members (excludes halogenated alkanes) is 1. The first-order valence-corrected chi connectivity index (χ1v) is 6.67. The smallest absolute Gasteiger partial charge is 0.131 e. The second-order valence-electron chi connectivity index (χ2n) is 5.80. The molecule has 2 aromatic heterocycles. The monoisotopic (exact) mass is 260 g/mol. The first-order valence-electron chi connectivity index (χ1n) is 6.67. The summed E-state index contributed by atoms with van der Waals surface area (Å²) in [6, 6.07) is 5.81. The zero-order chi connectivity index (χ0) is 13.7.